The van der Waals surface area contributed by atoms with Gasteiger partial charge in [0.1, 0.15) is 0 Å². The van der Waals surface area contributed by atoms with Crippen molar-refractivity contribution in [2.24, 2.45) is 5.41 Å². The zero-order valence-corrected chi connectivity index (χ0v) is 18.2. The van der Waals surface area contributed by atoms with E-state index in [-0.39, 0.29) is 16.2 Å². The van der Waals surface area contributed by atoms with Crippen molar-refractivity contribution >= 4 is 21.6 Å². The normalized spacial score (nSPS) is 20.9. The number of nitrogens with zero attached hydrogens (tertiary/aromatic N) is 1. The zero-order chi connectivity index (χ0) is 20.7. The zero-order valence-electron chi connectivity index (χ0n) is 17.4. The van der Waals surface area contributed by atoms with E-state index >= 15 is 0 Å². The number of ether oxygens (including phenoxy) is 1. The second-order valence-corrected chi connectivity index (χ2v) is 10.7. The molecule has 0 spiro atoms. The average molecular weight is 410 g/mol. The number of carbonyl (C=O) groups excluding carboxylic acids is 1. The van der Waals surface area contributed by atoms with Crippen LogP contribution >= 0.6 is 0 Å². The lowest BCUT2D eigenvalue weighted by Crippen LogP contribution is -2.47. The van der Waals surface area contributed by atoms with Gasteiger partial charge in [-0.05, 0) is 71.0 Å². The predicted octanol–water partition coefficient (Wildman–Crippen LogP) is 1.86. The molecule has 3 rings (SSSR count). The molecule has 0 aromatic heterocycles. The van der Waals surface area contributed by atoms with Gasteiger partial charge in [0.05, 0.1) is 10.3 Å². The Morgan fingerprint density at radius 2 is 1.86 bits per heavy atom. The Bertz CT molecular complexity index is 872. The highest BCUT2D eigenvalue weighted by molar-refractivity contribution is 7.89. The van der Waals surface area contributed by atoms with Gasteiger partial charge in [0.2, 0.25) is 15.9 Å². The first-order valence-electron chi connectivity index (χ1n) is 9.66. The Hall–Kier alpha value is -1.48. The molecule has 0 atom stereocenters. The van der Waals surface area contributed by atoms with Gasteiger partial charge < -0.3 is 15.0 Å². The summed E-state index contributed by atoms with van der Waals surface area (Å²) in [5.41, 5.74) is 1.32. The molecule has 1 aromatic rings. The van der Waals surface area contributed by atoms with Crippen LogP contribution in [0.15, 0.2) is 17.0 Å². The Morgan fingerprint density at radius 3 is 2.46 bits per heavy atom. The van der Waals surface area contributed by atoms with Gasteiger partial charge in [0, 0.05) is 37.4 Å². The van der Waals surface area contributed by atoms with Gasteiger partial charge in [-0.2, -0.15) is 0 Å². The molecule has 2 N–H and O–H groups in total. The fourth-order valence-electron chi connectivity index (χ4n) is 4.16. The second-order valence-electron chi connectivity index (χ2n) is 8.92. The van der Waals surface area contributed by atoms with Crippen LogP contribution in [0, 0.1) is 12.3 Å². The lowest BCUT2D eigenvalue weighted by Gasteiger charge is -2.39. The maximum atomic E-state index is 13.1. The molecule has 1 aromatic carbocycles. The summed E-state index contributed by atoms with van der Waals surface area (Å²) >= 11 is 0. The third kappa shape index (κ3) is 3.96. The van der Waals surface area contributed by atoms with E-state index in [1.165, 1.54) is 0 Å². The van der Waals surface area contributed by atoms with E-state index in [9.17, 15) is 13.2 Å². The molecule has 2 heterocycles. The van der Waals surface area contributed by atoms with Crippen molar-refractivity contribution in [2.75, 3.05) is 45.7 Å². The van der Waals surface area contributed by atoms with Crippen molar-refractivity contribution < 1.29 is 17.9 Å². The smallest absolute Gasteiger partial charge is 0.240 e. The predicted molar refractivity (Wildman–Crippen MR) is 109 cm³/mol. The van der Waals surface area contributed by atoms with Gasteiger partial charge in [0.25, 0.3) is 0 Å². The third-order valence-corrected chi connectivity index (χ3v) is 7.32. The summed E-state index contributed by atoms with van der Waals surface area (Å²) in [6, 6.07) is 3.26. The number of benzene rings is 1. The molecular weight excluding hydrogens is 378 g/mol. The van der Waals surface area contributed by atoms with Crippen molar-refractivity contribution in [3.8, 4) is 0 Å². The largest absolute Gasteiger partial charge is 0.381 e. The fourth-order valence-corrected chi connectivity index (χ4v) is 5.43. The minimum Gasteiger partial charge on any atom is -0.381 e. The molecular formula is C20H31N3O4S. The Balaban J connectivity index is 1.87. The van der Waals surface area contributed by atoms with Crippen molar-refractivity contribution in [1.29, 1.82) is 0 Å². The van der Waals surface area contributed by atoms with Gasteiger partial charge in [-0.3, -0.25) is 4.79 Å². The molecule has 7 nitrogen and oxygen atoms in total. The second kappa shape index (κ2) is 7.40. The van der Waals surface area contributed by atoms with Crippen molar-refractivity contribution in [1.82, 2.24) is 9.62 Å². The van der Waals surface area contributed by atoms with E-state index in [1.807, 2.05) is 34.9 Å². The summed E-state index contributed by atoms with van der Waals surface area (Å²) in [4.78, 5) is 14.6. The summed E-state index contributed by atoms with van der Waals surface area (Å²) in [7, 11) is 0.310. The molecule has 1 amide bonds. The van der Waals surface area contributed by atoms with Crippen molar-refractivity contribution in [3.05, 3.63) is 23.3 Å². The molecule has 8 heteroatoms. The van der Waals surface area contributed by atoms with Gasteiger partial charge in [-0.25, -0.2) is 13.1 Å². The molecule has 2 aliphatic heterocycles. The first kappa shape index (κ1) is 21.2. The number of amides is 1. The molecule has 0 unspecified atom stereocenters. The number of hydrogen-bond acceptors (Lipinski definition) is 5. The van der Waals surface area contributed by atoms with Crippen molar-refractivity contribution in [3.63, 3.8) is 0 Å². The number of hydrogen-bond donors (Lipinski definition) is 2. The van der Waals surface area contributed by atoms with Crippen LogP contribution in [0.2, 0.25) is 0 Å². The van der Waals surface area contributed by atoms with Gasteiger partial charge in [0.15, 0.2) is 0 Å². The quantitative estimate of drug-likeness (QED) is 0.749. The first-order valence-corrected chi connectivity index (χ1v) is 11.1. The third-order valence-electron chi connectivity index (χ3n) is 5.94. The number of carbonyl (C=O) groups is 1. The minimum absolute atomic E-state index is 0.111. The lowest BCUT2D eigenvalue weighted by atomic mass is 9.80. The van der Waals surface area contributed by atoms with E-state index in [0.717, 1.165) is 36.2 Å². The van der Waals surface area contributed by atoms with Crippen molar-refractivity contribution in [2.45, 2.75) is 43.9 Å². The highest BCUT2D eigenvalue weighted by Gasteiger charge is 2.40. The standard InChI is InChI=1S/C20H31N3O4S/c1-14-10-15(11-16-17(14)22-18(24)19(16,2)3)28(25,26)21-12-20(13-23(4)5)6-8-27-9-7-20/h10-11,21H,6-9,12-13H2,1-5H3,(H,22,24). The summed E-state index contributed by atoms with van der Waals surface area (Å²) in [5.74, 6) is -0.111. The Morgan fingerprint density at radius 1 is 1.21 bits per heavy atom. The van der Waals surface area contributed by atoms with Crippen LogP contribution in [0.4, 0.5) is 5.69 Å². The molecule has 1 fully saturated rings. The van der Waals surface area contributed by atoms with Gasteiger partial charge >= 0.3 is 0 Å². The topological polar surface area (TPSA) is 87.7 Å². The highest BCUT2D eigenvalue weighted by Crippen LogP contribution is 2.41. The van der Waals surface area contributed by atoms with Gasteiger partial charge in [-0.1, -0.05) is 0 Å². The molecule has 0 saturated carbocycles. The van der Waals surface area contributed by atoms with Crippen LogP contribution in [-0.2, 0) is 25.0 Å². The maximum Gasteiger partial charge on any atom is 0.240 e. The lowest BCUT2D eigenvalue weighted by molar-refractivity contribution is -0.119. The van der Waals surface area contributed by atoms with Crippen LogP contribution in [0.25, 0.3) is 0 Å². The average Bonchev–Trinajstić information content (AvgIpc) is 2.84. The minimum atomic E-state index is -3.69. The SMILES string of the molecule is Cc1cc(S(=O)(=O)NCC2(CN(C)C)CCOCC2)cc2c1NC(=O)C2(C)C. The number of anilines is 1. The molecule has 0 bridgehead atoms. The maximum absolute atomic E-state index is 13.1. The Labute approximate surface area is 167 Å². The van der Waals surface area contributed by atoms with E-state index < -0.39 is 15.4 Å². The number of nitrogens with one attached hydrogen (secondary N) is 2. The van der Waals surface area contributed by atoms with Crippen LogP contribution in [0.3, 0.4) is 0 Å². The van der Waals surface area contributed by atoms with Crippen LogP contribution in [0.1, 0.15) is 37.8 Å². The molecule has 156 valence electrons. The van der Waals surface area contributed by atoms with E-state index in [2.05, 4.69) is 14.9 Å². The monoisotopic (exact) mass is 409 g/mol. The number of sulfonamides is 1. The summed E-state index contributed by atoms with van der Waals surface area (Å²) < 4.78 is 34.5. The van der Waals surface area contributed by atoms with Crippen LogP contribution in [0.5, 0.6) is 0 Å². The summed E-state index contributed by atoms with van der Waals surface area (Å²) in [6.45, 7) is 7.91. The van der Waals surface area contributed by atoms with E-state index in [4.69, 9.17) is 4.74 Å². The molecule has 1 saturated heterocycles. The van der Waals surface area contributed by atoms with E-state index in [1.54, 1.807) is 12.1 Å². The summed E-state index contributed by atoms with van der Waals surface area (Å²) in [5, 5.41) is 2.87. The van der Waals surface area contributed by atoms with Crippen LogP contribution < -0.4 is 10.0 Å². The summed E-state index contributed by atoms with van der Waals surface area (Å²) in [6.07, 6.45) is 1.64. The molecule has 0 aliphatic carbocycles. The van der Waals surface area contributed by atoms with Gasteiger partial charge in [-0.15, -0.1) is 0 Å². The molecule has 2 aliphatic rings. The fraction of sp³-hybridized carbons (Fsp3) is 0.650. The molecule has 0 radical (unpaired) electrons. The number of fused-ring (bicyclic) bond motifs is 1. The van der Waals surface area contributed by atoms with E-state index in [0.29, 0.717) is 19.8 Å². The number of rotatable bonds is 6. The Kier molecular flexibility index (Phi) is 5.62. The first-order chi connectivity index (χ1) is 13.0. The highest BCUT2D eigenvalue weighted by atomic mass is 32.2. The van der Waals surface area contributed by atoms with Crippen LogP contribution in [-0.4, -0.2) is 59.6 Å². The number of aryl methyl sites for hydroxylation is 1. The molecule has 28 heavy (non-hydrogen) atoms.